The number of amides is 1. The molecule has 2 N–H and O–H groups in total. The summed E-state index contributed by atoms with van der Waals surface area (Å²) in [5.41, 5.74) is 1.96. The quantitative estimate of drug-likeness (QED) is 0.734. The van der Waals surface area contributed by atoms with Gasteiger partial charge in [0.05, 0.1) is 16.3 Å². The molecule has 1 aliphatic rings. The number of thiophene rings is 1. The van der Waals surface area contributed by atoms with Crippen LogP contribution in [0, 0.1) is 6.92 Å². The lowest BCUT2D eigenvalue weighted by Crippen LogP contribution is -2.36. The summed E-state index contributed by atoms with van der Waals surface area (Å²) in [6, 6.07) is 12.4. The van der Waals surface area contributed by atoms with Crippen molar-refractivity contribution in [3.05, 3.63) is 47.0 Å². The van der Waals surface area contributed by atoms with Crippen LogP contribution < -0.4 is 10.6 Å². The van der Waals surface area contributed by atoms with E-state index in [4.69, 9.17) is 0 Å². The molecule has 4 rings (SSSR count). The van der Waals surface area contributed by atoms with Crippen LogP contribution in [0.2, 0.25) is 0 Å². The van der Waals surface area contributed by atoms with E-state index in [1.165, 1.54) is 17.8 Å². The number of nitrogens with zero attached hydrogens (tertiary/aromatic N) is 2. The normalized spacial score (nSPS) is 16.8. The number of fused-ring (bicyclic) bond motifs is 1. The third kappa shape index (κ3) is 3.56. The van der Waals surface area contributed by atoms with Crippen LogP contribution in [0.1, 0.15) is 28.2 Å². The van der Waals surface area contributed by atoms with E-state index in [9.17, 15) is 4.79 Å². The third-order valence-corrected chi connectivity index (χ3v) is 5.55. The first-order valence-electron chi connectivity index (χ1n) is 8.28. The Labute approximate surface area is 156 Å². The van der Waals surface area contributed by atoms with Crippen LogP contribution in [0.4, 0.5) is 0 Å². The fourth-order valence-corrected chi connectivity index (χ4v) is 4.24. The fourth-order valence-electron chi connectivity index (χ4n) is 3.14. The van der Waals surface area contributed by atoms with Crippen LogP contribution in [0.5, 0.6) is 0 Å². The smallest absolute Gasteiger partial charge is 0.261 e. The minimum Gasteiger partial charge on any atom is -0.350 e. The van der Waals surface area contributed by atoms with Crippen LogP contribution in [-0.4, -0.2) is 34.8 Å². The molecule has 1 aromatic carbocycles. The minimum absolute atomic E-state index is 0. The number of aryl methyl sites for hydroxylation is 1. The molecule has 132 valence electrons. The van der Waals surface area contributed by atoms with Gasteiger partial charge in [-0.15, -0.1) is 23.7 Å². The predicted molar refractivity (Wildman–Crippen MR) is 104 cm³/mol. The van der Waals surface area contributed by atoms with Crippen molar-refractivity contribution in [1.82, 2.24) is 20.4 Å². The number of carbonyl (C=O) groups is 1. The molecule has 2 aromatic heterocycles. The Balaban J connectivity index is 0.00000182. The summed E-state index contributed by atoms with van der Waals surface area (Å²) in [5, 5.41) is 12.1. The predicted octanol–water partition coefficient (Wildman–Crippen LogP) is 3.30. The van der Waals surface area contributed by atoms with E-state index in [-0.39, 0.29) is 18.3 Å². The third-order valence-electron chi connectivity index (χ3n) is 4.44. The molecule has 0 bridgehead atoms. The van der Waals surface area contributed by atoms with Crippen molar-refractivity contribution in [3.63, 3.8) is 0 Å². The number of hydrogen-bond donors (Lipinski definition) is 2. The first-order valence-corrected chi connectivity index (χ1v) is 9.10. The van der Waals surface area contributed by atoms with Crippen molar-refractivity contribution in [3.8, 4) is 5.69 Å². The molecule has 25 heavy (non-hydrogen) atoms. The van der Waals surface area contributed by atoms with Crippen LogP contribution in [0.3, 0.4) is 0 Å². The van der Waals surface area contributed by atoms with Crippen molar-refractivity contribution in [1.29, 1.82) is 0 Å². The molecule has 1 fully saturated rings. The number of carbonyl (C=O) groups excluding carboxylic acids is 1. The van der Waals surface area contributed by atoms with Crippen molar-refractivity contribution in [2.45, 2.75) is 25.8 Å². The summed E-state index contributed by atoms with van der Waals surface area (Å²) in [7, 11) is 0. The monoisotopic (exact) mass is 376 g/mol. The van der Waals surface area contributed by atoms with Gasteiger partial charge in [-0.1, -0.05) is 18.2 Å². The summed E-state index contributed by atoms with van der Waals surface area (Å²) in [5.74, 6) is 0.00362. The van der Waals surface area contributed by atoms with Gasteiger partial charge in [-0.2, -0.15) is 5.10 Å². The average Bonchev–Trinajstić information content (AvgIpc) is 3.32. The summed E-state index contributed by atoms with van der Waals surface area (Å²) in [6.07, 6.45) is 2.32. The van der Waals surface area contributed by atoms with E-state index in [2.05, 4.69) is 15.7 Å². The Hall–Kier alpha value is -1.89. The maximum absolute atomic E-state index is 12.5. The SMILES string of the molecule is Cc1nn(-c2ccccc2)c2sc(C(=O)NCC3CCCN3)cc12.Cl. The molecule has 3 heterocycles. The van der Waals surface area contributed by atoms with Gasteiger partial charge in [-0.3, -0.25) is 4.79 Å². The molecule has 3 aromatic rings. The Morgan fingerprint density at radius 1 is 1.40 bits per heavy atom. The van der Waals surface area contributed by atoms with Crippen molar-refractivity contribution in [2.75, 3.05) is 13.1 Å². The number of rotatable bonds is 4. The van der Waals surface area contributed by atoms with Gasteiger partial charge in [0.25, 0.3) is 5.91 Å². The van der Waals surface area contributed by atoms with Gasteiger partial charge in [0.2, 0.25) is 0 Å². The second kappa shape index (κ2) is 7.56. The van der Waals surface area contributed by atoms with Gasteiger partial charge in [0.15, 0.2) is 0 Å². The maximum atomic E-state index is 12.5. The average molecular weight is 377 g/mol. The molecule has 0 saturated carbocycles. The largest absolute Gasteiger partial charge is 0.350 e. The second-order valence-corrected chi connectivity index (χ2v) is 7.20. The molecule has 1 atom stereocenters. The zero-order chi connectivity index (χ0) is 16.5. The van der Waals surface area contributed by atoms with E-state index in [0.717, 1.165) is 39.4 Å². The van der Waals surface area contributed by atoms with Gasteiger partial charge in [0, 0.05) is 18.0 Å². The molecular formula is C18H21ClN4OS. The van der Waals surface area contributed by atoms with E-state index in [0.29, 0.717) is 12.6 Å². The zero-order valence-electron chi connectivity index (χ0n) is 14.0. The van der Waals surface area contributed by atoms with Crippen molar-refractivity contribution < 1.29 is 4.79 Å². The number of halogens is 1. The minimum atomic E-state index is 0. The topological polar surface area (TPSA) is 59.0 Å². The van der Waals surface area contributed by atoms with Crippen molar-refractivity contribution >= 4 is 39.9 Å². The lowest BCUT2D eigenvalue weighted by Gasteiger charge is -2.10. The first kappa shape index (κ1) is 17.9. The fraction of sp³-hybridized carbons (Fsp3) is 0.333. The Kier molecular flexibility index (Phi) is 5.42. The second-order valence-electron chi connectivity index (χ2n) is 6.17. The van der Waals surface area contributed by atoms with E-state index in [1.807, 2.05) is 48.0 Å². The van der Waals surface area contributed by atoms with Gasteiger partial charge >= 0.3 is 0 Å². The Bertz CT molecular complexity index is 868. The Morgan fingerprint density at radius 2 is 2.20 bits per heavy atom. The van der Waals surface area contributed by atoms with Gasteiger partial charge in [0.1, 0.15) is 4.83 Å². The first-order chi connectivity index (χ1) is 11.7. The molecule has 5 nitrogen and oxygen atoms in total. The lowest BCUT2D eigenvalue weighted by atomic mass is 10.2. The van der Waals surface area contributed by atoms with E-state index in [1.54, 1.807) is 0 Å². The molecule has 1 unspecified atom stereocenters. The van der Waals surface area contributed by atoms with Crippen LogP contribution in [-0.2, 0) is 0 Å². The highest BCUT2D eigenvalue weighted by Gasteiger charge is 2.19. The van der Waals surface area contributed by atoms with Gasteiger partial charge in [-0.25, -0.2) is 4.68 Å². The van der Waals surface area contributed by atoms with Gasteiger partial charge in [-0.05, 0) is 44.5 Å². The van der Waals surface area contributed by atoms with Crippen LogP contribution >= 0.6 is 23.7 Å². The molecule has 0 radical (unpaired) electrons. The zero-order valence-corrected chi connectivity index (χ0v) is 15.6. The van der Waals surface area contributed by atoms with Crippen molar-refractivity contribution in [2.24, 2.45) is 0 Å². The highest BCUT2D eigenvalue weighted by atomic mass is 35.5. The molecule has 1 aliphatic heterocycles. The van der Waals surface area contributed by atoms with Gasteiger partial charge < -0.3 is 10.6 Å². The molecular weight excluding hydrogens is 356 g/mol. The molecule has 1 saturated heterocycles. The summed E-state index contributed by atoms with van der Waals surface area (Å²) >= 11 is 1.50. The molecule has 7 heteroatoms. The molecule has 0 spiro atoms. The lowest BCUT2D eigenvalue weighted by molar-refractivity contribution is 0.0954. The summed E-state index contributed by atoms with van der Waals surface area (Å²) < 4.78 is 1.92. The Morgan fingerprint density at radius 3 is 2.92 bits per heavy atom. The van der Waals surface area contributed by atoms with E-state index >= 15 is 0 Å². The number of para-hydroxylation sites is 1. The highest BCUT2D eigenvalue weighted by Crippen LogP contribution is 2.30. The molecule has 1 amide bonds. The van der Waals surface area contributed by atoms with Crippen LogP contribution in [0.25, 0.3) is 15.9 Å². The number of benzene rings is 1. The number of hydrogen-bond acceptors (Lipinski definition) is 4. The highest BCUT2D eigenvalue weighted by molar-refractivity contribution is 7.20. The number of aromatic nitrogens is 2. The standard InChI is InChI=1S/C18H20N4OS.ClH/c1-12-15-10-16(17(23)20-11-13-6-5-9-19-13)24-18(15)22(21-12)14-7-3-2-4-8-14;/h2-4,7-8,10,13,19H,5-6,9,11H2,1H3,(H,20,23);1H. The number of nitrogens with one attached hydrogen (secondary N) is 2. The summed E-state index contributed by atoms with van der Waals surface area (Å²) in [6.45, 7) is 3.73. The van der Waals surface area contributed by atoms with Crippen LogP contribution in [0.15, 0.2) is 36.4 Å². The molecule has 0 aliphatic carbocycles. The maximum Gasteiger partial charge on any atom is 0.261 e. The summed E-state index contributed by atoms with van der Waals surface area (Å²) in [4.78, 5) is 14.2. The van der Waals surface area contributed by atoms with E-state index < -0.39 is 0 Å².